The van der Waals surface area contributed by atoms with E-state index in [0.29, 0.717) is 10.8 Å². The first-order valence-corrected chi connectivity index (χ1v) is 6.49. The van der Waals surface area contributed by atoms with Crippen LogP contribution < -0.4 is 5.32 Å². The number of rotatable bonds is 6. The molecule has 0 saturated carbocycles. The van der Waals surface area contributed by atoms with Crippen LogP contribution in [0.2, 0.25) is 0 Å². The van der Waals surface area contributed by atoms with Crippen LogP contribution in [0.3, 0.4) is 0 Å². The second kappa shape index (κ2) is 6.39. The Morgan fingerprint density at radius 2 is 2.00 bits per heavy atom. The highest BCUT2D eigenvalue weighted by Crippen LogP contribution is 2.29. The summed E-state index contributed by atoms with van der Waals surface area (Å²) in [4.78, 5) is 23.7. The van der Waals surface area contributed by atoms with E-state index in [0.717, 1.165) is 12.8 Å². The van der Waals surface area contributed by atoms with Crippen molar-refractivity contribution in [2.24, 2.45) is 0 Å². The molecule has 1 aromatic rings. The van der Waals surface area contributed by atoms with Crippen LogP contribution in [-0.4, -0.2) is 23.5 Å². The van der Waals surface area contributed by atoms with Crippen molar-refractivity contribution >= 4 is 23.2 Å². The number of hydrogen-bond acceptors (Lipinski definition) is 3. The SMILES string of the molecule is CCC(CC)c1ccc(C(=O)NCC(=O)O)s1. The zero-order valence-electron chi connectivity index (χ0n) is 10.0. The fourth-order valence-corrected chi connectivity index (χ4v) is 2.82. The summed E-state index contributed by atoms with van der Waals surface area (Å²) in [6, 6.07) is 3.72. The number of carbonyl (C=O) groups is 2. The largest absolute Gasteiger partial charge is 0.480 e. The van der Waals surface area contributed by atoms with Gasteiger partial charge in [0.25, 0.3) is 5.91 Å². The van der Waals surface area contributed by atoms with Crippen molar-refractivity contribution in [3.05, 3.63) is 21.9 Å². The minimum absolute atomic E-state index is 0.311. The Morgan fingerprint density at radius 3 is 2.53 bits per heavy atom. The van der Waals surface area contributed by atoms with Gasteiger partial charge in [0.05, 0.1) is 4.88 Å². The number of thiophene rings is 1. The average molecular weight is 255 g/mol. The van der Waals surface area contributed by atoms with Crippen LogP contribution in [0.1, 0.15) is 47.2 Å². The molecule has 1 heterocycles. The molecule has 0 radical (unpaired) electrons. The van der Waals surface area contributed by atoms with Crippen molar-refractivity contribution in [2.75, 3.05) is 6.54 Å². The average Bonchev–Trinajstić information content (AvgIpc) is 2.77. The minimum Gasteiger partial charge on any atom is -0.480 e. The molecule has 2 N–H and O–H groups in total. The summed E-state index contributed by atoms with van der Waals surface area (Å²) in [7, 11) is 0. The Kier molecular flexibility index (Phi) is 5.15. The first-order valence-electron chi connectivity index (χ1n) is 5.68. The maximum atomic E-state index is 11.6. The molecule has 1 aromatic heterocycles. The lowest BCUT2D eigenvalue weighted by Gasteiger charge is -2.08. The van der Waals surface area contributed by atoms with Crippen molar-refractivity contribution in [3.63, 3.8) is 0 Å². The number of carboxylic acid groups (broad SMARTS) is 1. The molecule has 94 valence electrons. The number of carboxylic acids is 1. The van der Waals surface area contributed by atoms with E-state index < -0.39 is 5.97 Å². The van der Waals surface area contributed by atoms with Crippen molar-refractivity contribution in [3.8, 4) is 0 Å². The van der Waals surface area contributed by atoms with Gasteiger partial charge in [0.2, 0.25) is 0 Å². The topological polar surface area (TPSA) is 66.4 Å². The first kappa shape index (κ1) is 13.7. The third kappa shape index (κ3) is 3.85. The van der Waals surface area contributed by atoms with Crippen LogP contribution in [0, 0.1) is 0 Å². The van der Waals surface area contributed by atoms with E-state index in [2.05, 4.69) is 19.2 Å². The highest BCUT2D eigenvalue weighted by atomic mass is 32.1. The zero-order chi connectivity index (χ0) is 12.8. The third-order valence-corrected chi connectivity index (χ3v) is 3.89. The van der Waals surface area contributed by atoms with Crippen LogP contribution in [0.15, 0.2) is 12.1 Å². The molecule has 1 amide bonds. The molecule has 0 fully saturated rings. The van der Waals surface area contributed by atoms with Gasteiger partial charge >= 0.3 is 5.97 Å². The smallest absolute Gasteiger partial charge is 0.322 e. The summed E-state index contributed by atoms with van der Waals surface area (Å²) in [5, 5.41) is 10.8. The lowest BCUT2D eigenvalue weighted by molar-refractivity contribution is -0.135. The van der Waals surface area contributed by atoms with Gasteiger partial charge < -0.3 is 10.4 Å². The van der Waals surface area contributed by atoms with E-state index in [-0.39, 0.29) is 12.5 Å². The molecule has 0 bridgehead atoms. The van der Waals surface area contributed by atoms with E-state index in [1.54, 1.807) is 6.07 Å². The molecule has 1 rings (SSSR count). The van der Waals surface area contributed by atoms with E-state index in [1.165, 1.54) is 16.2 Å². The van der Waals surface area contributed by atoms with Gasteiger partial charge in [0, 0.05) is 4.88 Å². The van der Waals surface area contributed by atoms with Gasteiger partial charge in [-0.3, -0.25) is 9.59 Å². The molecular formula is C12H17NO3S. The number of nitrogens with one attached hydrogen (secondary N) is 1. The second-order valence-electron chi connectivity index (χ2n) is 3.79. The lowest BCUT2D eigenvalue weighted by atomic mass is 10.0. The van der Waals surface area contributed by atoms with Gasteiger partial charge in [0.15, 0.2) is 0 Å². The van der Waals surface area contributed by atoms with Gasteiger partial charge in [-0.05, 0) is 30.9 Å². The number of amides is 1. The fraction of sp³-hybridized carbons (Fsp3) is 0.500. The molecule has 17 heavy (non-hydrogen) atoms. The summed E-state index contributed by atoms with van der Waals surface area (Å²) < 4.78 is 0. The Hall–Kier alpha value is -1.36. The van der Waals surface area contributed by atoms with Crippen molar-refractivity contribution in [1.82, 2.24) is 5.32 Å². The van der Waals surface area contributed by atoms with Crippen LogP contribution in [0.4, 0.5) is 0 Å². The zero-order valence-corrected chi connectivity index (χ0v) is 10.8. The van der Waals surface area contributed by atoms with E-state index in [4.69, 9.17) is 5.11 Å². The van der Waals surface area contributed by atoms with Gasteiger partial charge in [0.1, 0.15) is 6.54 Å². The number of carbonyl (C=O) groups excluding carboxylic acids is 1. The molecule has 0 aliphatic heterocycles. The molecule has 0 atom stereocenters. The van der Waals surface area contributed by atoms with Gasteiger partial charge in [-0.25, -0.2) is 0 Å². The van der Waals surface area contributed by atoms with Crippen molar-refractivity contribution < 1.29 is 14.7 Å². The predicted molar refractivity (Wildman–Crippen MR) is 67.6 cm³/mol. The molecule has 0 unspecified atom stereocenters. The molecule has 0 aliphatic rings. The summed E-state index contributed by atoms with van der Waals surface area (Å²) in [6.07, 6.45) is 2.10. The minimum atomic E-state index is -1.03. The summed E-state index contributed by atoms with van der Waals surface area (Å²) in [5.74, 6) is -0.856. The molecular weight excluding hydrogens is 238 g/mol. The Labute approximate surface area is 105 Å². The van der Waals surface area contributed by atoms with Crippen molar-refractivity contribution in [2.45, 2.75) is 32.6 Å². The maximum absolute atomic E-state index is 11.6. The first-order chi connectivity index (χ1) is 8.08. The Balaban J connectivity index is 2.67. The molecule has 0 spiro atoms. The van der Waals surface area contributed by atoms with Crippen LogP contribution in [-0.2, 0) is 4.79 Å². The maximum Gasteiger partial charge on any atom is 0.322 e. The molecule has 0 saturated heterocycles. The van der Waals surface area contributed by atoms with E-state index >= 15 is 0 Å². The fourth-order valence-electron chi connectivity index (χ4n) is 1.63. The summed E-state index contributed by atoms with van der Waals surface area (Å²) in [6.45, 7) is 3.91. The summed E-state index contributed by atoms with van der Waals surface area (Å²) in [5.41, 5.74) is 0. The van der Waals surface area contributed by atoms with Crippen LogP contribution in [0.25, 0.3) is 0 Å². The van der Waals surface area contributed by atoms with Gasteiger partial charge in [-0.1, -0.05) is 13.8 Å². The lowest BCUT2D eigenvalue weighted by Crippen LogP contribution is -2.28. The van der Waals surface area contributed by atoms with E-state index in [1.807, 2.05) is 6.07 Å². The van der Waals surface area contributed by atoms with Gasteiger partial charge in [-0.2, -0.15) is 0 Å². The Morgan fingerprint density at radius 1 is 1.35 bits per heavy atom. The van der Waals surface area contributed by atoms with Crippen molar-refractivity contribution in [1.29, 1.82) is 0 Å². The predicted octanol–water partition coefficient (Wildman–Crippen LogP) is 2.47. The van der Waals surface area contributed by atoms with E-state index in [9.17, 15) is 9.59 Å². The number of hydrogen-bond donors (Lipinski definition) is 2. The molecule has 4 nitrogen and oxygen atoms in total. The highest BCUT2D eigenvalue weighted by Gasteiger charge is 2.14. The molecule has 0 aliphatic carbocycles. The highest BCUT2D eigenvalue weighted by molar-refractivity contribution is 7.14. The quantitative estimate of drug-likeness (QED) is 0.820. The van der Waals surface area contributed by atoms with Gasteiger partial charge in [-0.15, -0.1) is 11.3 Å². The van der Waals surface area contributed by atoms with Crippen LogP contribution >= 0.6 is 11.3 Å². The standard InChI is InChI=1S/C12H17NO3S/c1-3-8(4-2)9-5-6-10(17-9)12(16)13-7-11(14)15/h5-6,8H,3-4,7H2,1-2H3,(H,13,16)(H,14,15). The second-order valence-corrected chi connectivity index (χ2v) is 4.91. The normalized spacial score (nSPS) is 10.5. The molecule has 0 aromatic carbocycles. The monoisotopic (exact) mass is 255 g/mol. The molecule has 5 heteroatoms. The number of aliphatic carboxylic acids is 1. The third-order valence-electron chi connectivity index (χ3n) is 2.64. The Bertz CT molecular complexity index is 396. The van der Waals surface area contributed by atoms with Crippen LogP contribution in [0.5, 0.6) is 0 Å². The summed E-state index contributed by atoms with van der Waals surface area (Å²) >= 11 is 1.44.